The van der Waals surface area contributed by atoms with Crippen molar-refractivity contribution >= 4 is 34.6 Å². The molecular weight excluding hydrogens is 396 g/mol. The number of benzene rings is 2. The van der Waals surface area contributed by atoms with E-state index in [1.165, 1.54) is 17.3 Å². The largest absolute Gasteiger partial charge is 0.504 e. The van der Waals surface area contributed by atoms with E-state index in [2.05, 4.69) is 18.5 Å². The van der Waals surface area contributed by atoms with Gasteiger partial charge in [0.25, 0.3) is 5.91 Å². The van der Waals surface area contributed by atoms with Gasteiger partial charge in [0.05, 0.1) is 17.2 Å². The molecule has 6 heteroatoms. The van der Waals surface area contributed by atoms with Gasteiger partial charge >= 0.3 is 0 Å². The Morgan fingerprint density at radius 1 is 1.23 bits per heavy atom. The first-order valence-corrected chi connectivity index (χ1v) is 10.6. The first-order chi connectivity index (χ1) is 14.3. The Hall–Kier alpha value is -2.99. The fourth-order valence-corrected chi connectivity index (χ4v) is 4.04. The number of hydrogen-bond acceptors (Lipinski definition) is 5. The van der Waals surface area contributed by atoms with E-state index >= 15 is 0 Å². The van der Waals surface area contributed by atoms with Gasteiger partial charge in [0.2, 0.25) is 0 Å². The van der Waals surface area contributed by atoms with Crippen LogP contribution < -0.4 is 4.74 Å². The number of ether oxygens (including phenoxy) is 1. The van der Waals surface area contributed by atoms with E-state index < -0.39 is 0 Å². The Kier molecular flexibility index (Phi) is 6.67. The number of amides is 1. The molecule has 0 spiro atoms. The van der Waals surface area contributed by atoms with Gasteiger partial charge in [-0.15, -0.1) is 6.58 Å². The molecule has 3 rings (SSSR count). The smallest absolute Gasteiger partial charge is 0.266 e. The van der Waals surface area contributed by atoms with Crippen LogP contribution >= 0.6 is 11.8 Å². The molecule has 0 aromatic heterocycles. The minimum absolute atomic E-state index is 0.110. The van der Waals surface area contributed by atoms with Crippen molar-refractivity contribution in [2.45, 2.75) is 27.2 Å². The van der Waals surface area contributed by atoms with Gasteiger partial charge in [-0.1, -0.05) is 12.1 Å². The maximum absolute atomic E-state index is 12.8. The molecule has 2 aromatic rings. The summed E-state index contributed by atoms with van der Waals surface area (Å²) in [5.74, 6) is 0.397. The first-order valence-electron chi connectivity index (χ1n) is 9.77. The third-order valence-electron chi connectivity index (χ3n) is 4.86. The number of carbonyl (C=O) groups is 1. The molecule has 0 atom stereocenters. The zero-order valence-electron chi connectivity index (χ0n) is 17.7. The number of aliphatic imine (C=N–C) groups is 1. The Morgan fingerprint density at radius 2 is 2.00 bits per heavy atom. The highest BCUT2D eigenvalue weighted by atomic mass is 32.2. The number of phenolic OH excluding ortho intramolecular Hbond substituents is 1. The number of nitrogens with zero attached hydrogens (tertiary/aromatic N) is 2. The van der Waals surface area contributed by atoms with Crippen LogP contribution in [0, 0.1) is 13.8 Å². The molecule has 5 nitrogen and oxygen atoms in total. The molecule has 0 aliphatic carbocycles. The van der Waals surface area contributed by atoms with Crippen LogP contribution in [-0.4, -0.2) is 34.7 Å². The van der Waals surface area contributed by atoms with Crippen LogP contribution in [-0.2, 0) is 11.2 Å². The van der Waals surface area contributed by atoms with E-state index in [4.69, 9.17) is 4.74 Å². The number of likely N-dealkylation sites (N-methyl/N-ethyl adjacent to an activating group) is 1. The number of hydrogen-bond donors (Lipinski definition) is 1. The molecular formula is C24H26N2O3S. The highest BCUT2D eigenvalue weighted by molar-refractivity contribution is 8.18. The number of aromatic hydroxyl groups is 1. The molecule has 1 aliphatic rings. The molecule has 1 saturated heterocycles. The summed E-state index contributed by atoms with van der Waals surface area (Å²) in [6.45, 7) is 10.1. The van der Waals surface area contributed by atoms with Crippen molar-refractivity contribution in [1.82, 2.24) is 4.90 Å². The second kappa shape index (κ2) is 9.22. The fraction of sp³-hybridized carbons (Fsp3) is 0.250. The summed E-state index contributed by atoms with van der Waals surface area (Å²) in [6, 6.07) is 9.58. The average molecular weight is 423 g/mol. The minimum Gasteiger partial charge on any atom is -0.504 e. The lowest BCUT2D eigenvalue weighted by Crippen LogP contribution is -2.23. The van der Waals surface area contributed by atoms with Gasteiger partial charge in [0, 0.05) is 12.6 Å². The lowest BCUT2D eigenvalue weighted by molar-refractivity contribution is -0.121. The number of allylic oxidation sites excluding steroid dienone is 1. The Bertz CT molecular complexity index is 1060. The molecule has 30 heavy (non-hydrogen) atoms. The standard InChI is InChI=1S/C24H26N2O3S/c1-6-8-18-12-17(13-20(22(18)27)29-7-2)14-21-23(28)26(5)24(30-21)25-19-10-9-15(3)16(4)11-19/h6,9-14,27H,1,7-8H2,2-5H3/b21-14+,25-24?. The van der Waals surface area contributed by atoms with E-state index in [0.29, 0.717) is 34.4 Å². The van der Waals surface area contributed by atoms with Crippen LogP contribution in [0.15, 0.2) is 52.9 Å². The number of thioether (sulfide) groups is 1. The molecule has 1 amide bonds. The predicted molar refractivity (Wildman–Crippen MR) is 125 cm³/mol. The molecule has 0 bridgehead atoms. The average Bonchev–Trinajstić information content (AvgIpc) is 2.96. The summed E-state index contributed by atoms with van der Waals surface area (Å²) in [5, 5.41) is 11.0. The summed E-state index contributed by atoms with van der Waals surface area (Å²) in [7, 11) is 1.72. The van der Waals surface area contributed by atoms with E-state index in [1.807, 2.05) is 38.1 Å². The SMILES string of the molecule is C=CCc1cc(/C=C2/SC(=Nc3ccc(C)c(C)c3)N(C)C2=O)cc(OCC)c1O. The van der Waals surface area contributed by atoms with E-state index in [9.17, 15) is 9.90 Å². The van der Waals surface area contributed by atoms with Crippen molar-refractivity contribution in [3.8, 4) is 11.5 Å². The highest BCUT2D eigenvalue weighted by Gasteiger charge is 2.30. The molecule has 1 heterocycles. The van der Waals surface area contributed by atoms with Crippen LogP contribution in [0.2, 0.25) is 0 Å². The van der Waals surface area contributed by atoms with Gasteiger partial charge in [0.15, 0.2) is 16.7 Å². The summed E-state index contributed by atoms with van der Waals surface area (Å²) in [4.78, 5) is 19.6. The third kappa shape index (κ3) is 4.60. The second-order valence-electron chi connectivity index (χ2n) is 7.09. The molecule has 156 valence electrons. The zero-order valence-corrected chi connectivity index (χ0v) is 18.5. The van der Waals surface area contributed by atoms with Crippen molar-refractivity contribution in [3.63, 3.8) is 0 Å². The van der Waals surface area contributed by atoms with Crippen LogP contribution in [0.3, 0.4) is 0 Å². The lowest BCUT2D eigenvalue weighted by atomic mass is 10.1. The minimum atomic E-state index is -0.112. The van der Waals surface area contributed by atoms with Gasteiger partial charge in [-0.05, 0) is 86.0 Å². The number of carbonyl (C=O) groups excluding carboxylic acids is 1. The van der Waals surface area contributed by atoms with Crippen LogP contribution in [0.25, 0.3) is 6.08 Å². The topological polar surface area (TPSA) is 62.1 Å². The van der Waals surface area contributed by atoms with Crippen LogP contribution in [0.1, 0.15) is 29.2 Å². The number of phenols is 1. The number of amidine groups is 1. The summed E-state index contributed by atoms with van der Waals surface area (Å²) < 4.78 is 5.56. The second-order valence-corrected chi connectivity index (χ2v) is 8.10. The third-order valence-corrected chi connectivity index (χ3v) is 5.92. The number of aryl methyl sites for hydroxylation is 2. The zero-order chi connectivity index (χ0) is 21.8. The highest BCUT2D eigenvalue weighted by Crippen LogP contribution is 2.37. The Morgan fingerprint density at radius 3 is 2.67 bits per heavy atom. The van der Waals surface area contributed by atoms with Crippen molar-refractivity contribution in [1.29, 1.82) is 0 Å². The molecule has 1 N–H and O–H groups in total. The quantitative estimate of drug-likeness (QED) is 0.502. The molecule has 0 saturated carbocycles. The molecule has 1 fully saturated rings. The number of rotatable bonds is 6. The maximum Gasteiger partial charge on any atom is 0.266 e. The van der Waals surface area contributed by atoms with Crippen molar-refractivity contribution < 1.29 is 14.6 Å². The Labute approximate surface area is 181 Å². The maximum atomic E-state index is 12.8. The molecule has 0 unspecified atom stereocenters. The van der Waals surface area contributed by atoms with Crippen molar-refractivity contribution in [2.24, 2.45) is 4.99 Å². The summed E-state index contributed by atoms with van der Waals surface area (Å²) in [6.07, 6.45) is 4.03. The Balaban J connectivity index is 1.96. The van der Waals surface area contributed by atoms with Crippen LogP contribution in [0.4, 0.5) is 5.69 Å². The van der Waals surface area contributed by atoms with Crippen molar-refractivity contribution in [2.75, 3.05) is 13.7 Å². The van der Waals surface area contributed by atoms with Crippen LogP contribution in [0.5, 0.6) is 11.5 Å². The molecule has 1 aliphatic heterocycles. The van der Waals surface area contributed by atoms with Gasteiger partial charge in [0.1, 0.15) is 0 Å². The molecule has 2 aromatic carbocycles. The predicted octanol–water partition coefficient (Wildman–Crippen LogP) is 5.37. The van der Waals surface area contributed by atoms with Gasteiger partial charge in [-0.25, -0.2) is 4.99 Å². The van der Waals surface area contributed by atoms with E-state index in [0.717, 1.165) is 16.8 Å². The first kappa shape index (κ1) is 21.7. The van der Waals surface area contributed by atoms with Crippen molar-refractivity contribution in [3.05, 3.63) is 70.1 Å². The van der Waals surface area contributed by atoms with Gasteiger partial charge in [-0.3, -0.25) is 9.69 Å². The van der Waals surface area contributed by atoms with Gasteiger partial charge in [-0.2, -0.15) is 0 Å². The summed E-state index contributed by atoms with van der Waals surface area (Å²) >= 11 is 1.33. The van der Waals surface area contributed by atoms with E-state index in [1.54, 1.807) is 30.2 Å². The monoisotopic (exact) mass is 422 g/mol. The van der Waals surface area contributed by atoms with Gasteiger partial charge < -0.3 is 9.84 Å². The van der Waals surface area contributed by atoms with E-state index in [-0.39, 0.29) is 11.7 Å². The molecule has 0 radical (unpaired) electrons. The normalized spacial score (nSPS) is 16.5. The fourth-order valence-electron chi connectivity index (χ4n) is 3.06. The summed E-state index contributed by atoms with van der Waals surface area (Å²) in [5.41, 5.74) is 4.67. The lowest BCUT2D eigenvalue weighted by Gasteiger charge is -2.11.